The summed E-state index contributed by atoms with van der Waals surface area (Å²) in [5.41, 5.74) is 13.3. The largest absolute Gasteiger partial charge is 0.655 e. The Balaban J connectivity index is 0. The number of aliphatic hydroxyl groups excluding tert-OH is 1. The number of carboxylic acids is 1. The summed E-state index contributed by atoms with van der Waals surface area (Å²) in [4.78, 5) is 9.55. The molecule has 0 saturated carbocycles. The molecule has 7 heteroatoms. The van der Waals surface area contributed by atoms with Crippen LogP contribution in [0.3, 0.4) is 0 Å². The Kier molecular flexibility index (Phi) is 13.2. The predicted octanol–water partition coefficient (Wildman–Crippen LogP) is 0.856. The third-order valence-corrected chi connectivity index (χ3v) is 1.49. The molecule has 5 N–H and O–H groups in total. The molecule has 0 amide bonds. The number of hydrogen-bond acceptors (Lipinski definition) is 4. The summed E-state index contributed by atoms with van der Waals surface area (Å²) in [5, 5.41) is 16.4. The number of nitrogens with one attached hydrogen (secondary N) is 1. The number of rotatable bonds is 4. The normalized spacial score (nSPS) is 8.59. The minimum absolute atomic E-state index is 0. The summed E-state index contributed by atoms with van der Waals surface area (Å²) in [7, 11) is 0. The number of carbonyl (C=O) groups is 1. The van der Waals surface area contributed by atoms with Crippen molar-refractivity contribution in [2.45, 2.75) is 6.61 Å². The molecule has 0 bridgehead atoms. The molecule has 0 aliphatic carbocycles. The van der Waals surface area contributed by atoms with Crippen molar-refractivity contribution in [3.63, 3.8) is 0 Å². The van der Waals surface area contributed by atoms with Crippen LogP contribution in [0, 0.1) is 0 Å². The quantitative estimate of drug-likeness (QED) is 0.712. The minimum Gasteiger partial charge on any atom is -0.655 e. The molecule has 0 fully saturated rings. The van der Waals surface area contributed by atoms with Crippen molar-refractivity contribution < 1.29 is 52.5 Å². The van der Waals surface area contributed by atoms with Crippen LogP contribution in [-0.2, 0) is 48.8 Å². The van der Waals surface area contributed by atoms with Gasteiger partial charge in [0.15, 0.2) is 0 Å². The van der Waals surface area contributed by atoms with Gasteiger partial charge in [-0.15, -0.1) is 0 Å². The molecule has 0 spiro atoms. The van der Waals surface area contributed by atoms with Gasteiger partial charge in [-0.2, -0.15) is 0 Å². The smallest absolute Gasteiger partial charge is 0.329 e. The molecule has 93 valence electrons. The van der Waals surface area contributed by atoms with E-state index in [2.05, 4.69) is 4.74 Å². The molecule has 1 aromatic rings. The van der Waals surface area contributed by atoms with Gasteiger partial charge in [0.25, 0.3) is 0 Å². The molecule has 0 unspecified atom stereocenters. The van der Waals surface area contributed by atoms with E-state index in [0.717, 1.165) is 11.3 Å². The van der Waals surface area contributed by atoms with Crippen LogP contribution in [0.4, 0.5) is 5.69 Å². The number of anilines is 1. The first-order valence-corrected chi connectivity index (χ1v) is 4.49. The number of carboxylic acid groups (broad SMARTS) is 1. The standard InChI is InChI=1S/C7H9NO.C3H6NO3.Y/c8-7-3-1-6(5-9)2-4-7;4-2-7-1-3(5)6;/h1-4,9H,5,8H2;4H,1-2H2,(H,5,6);/q;-1;. The van der Waals surface area contributed by atoms with Crippen molar-refractivity contribution in [3.05, 3.63) is 35.6 Å². The molecule has 1 aromatic carbocycles. The Bertz CT molecular complexity index is 306. The molecular weight excluding hydrogens is 301 g/mol. The van der Waals surface area contributed by atoms with Gasteiger partial charge in [-0.25, -0.2) is 4.79 Å². The first-order chi connectivity index (χ1) is 7.60. The molecule has 0 heterocycles. The Morgan fingerprint density at radius 2 is 1.88 bits per heavy atom. The van der Waals surface area contributed by atoms with E-state index in [1.807, 2.05) is 0 Å². The maximum absolute atomic E-state index is 9.55. The Hall–Kier alpha value is -0.526. The summed E-state index contributed by atoms with van der Waals surface area (Å²) < 4.78 is 4.16. The van der Waals surface area contributed by atoms with Crippen LogP contribution in [0.2, 0.25) is 0 Å². The molecule has 0 aliphatic rings. The van der Waals surface area contributed by atoms with Crippen LogP contribution < -0.4 is 5.73 Å². The second-order valence-corrected chi connectivity index (χ2v) is 2.79. The van der Waals surface area contributed by atoms with Gasteiger partial charge in [0.2, 0.25) is 0 Å². The van der Waals surface area contributed by atoms with Gasteiger partial charge in [-0.1, -0.05) is 12.1 Å². The Morgan fingerprint density at radius 1 is 1.35 bits per heavy atom. The van der Waals surface area contributed by atoms with Gasteiger partial charge < -0.3 is 26.4 Å². The molecule has 1 rings (SSSR count). The zero-order valence-electron chi connectivity index (χ0n) is 9.30. The summed E-state index contributed by atoms with van der Waals surface area (Å²) in [6, 6.07) is 7.14. The van der Waals surface area contributed by atoms with Crippen molar-refractivity contribution in [1.29, 1.82) is 0 Å². The fourth-order valence-corrected chi connectivity index (χ4v) is 0.761. The molecule has 0 saturated heterocycles. The van der Waals surface area contributed by atoms with Crippen molar-refractivity contribution >= 4 is 11.7 Å². The average Bonchev–Trinajstić information content (AvgIpc) is 2.28. The fraction of sp³-hybridized carbons (Fsp3) is 0.300. The summed E-state index contributed by atoms with van der Waals surface area (Å²) in [5.74, 6) is -1.03. The van der Waals surface area contributed by atoms with E-state index in [1.54, 1.807) is 24.3 Å². The predicted molar refractivity (Wildman–Crippen MR) is 59.6 cm³/mol. The van der Waals surface area contributed by atoms with Crippen LogP contribution in [-0.4, -0.2) is 29.5 Å². The van der Waals surface area contributed by atoms with Crippen LogP contribution in [0.1, 0.15) is 5.56 Å². The number of aliphatic carboxylic acids is 1. The molecule has 0 aliphatic heterocycles. The zero-order valence-corrected chi connectivity index (χ0v) is 12.1. The average molecular weight is 316 g/mol. The second kappa shape index (κ2) is 11.9. The molecule has 6 nitrogen and oxygen atoms in total. The molecule has 17 heavy (non-hydrogen) atoms. The minimum atomic E-state index is -1.03. The molecular formula is C10H15N2O4Y-. The molecule has 0 atom stereocenters. The molecule has 0 aromatic heterocycles. The van der Waals surface area contributed by atoms with Crippen molar-refractivity contribution in [1.82, 2.24) is 0 Å². The third-order valence-electron chi connectivity index (χ3n) is 1.49. The Labute approximate surface area is 125 Å². The van der Waals surface area contributed by atoms with E-state index in [4.69, 9.17) is 21.7 Å². The van der Waals surface area contributed by atoms with Gasteiger partial charge in [0.05, 0.1) is 6.61 Å². The summed E-state index contributed by atoms with van der Waals surface area (Å²) in [6.07, 6.45) is 0. The number of nitrogens with two attached hydrogens (primary N) is 1. The van der Waals surface area contributed by atoms with E-state index in [0.29, 0.717) is 0 Å². The van der Waals surface area contributed by atoms with Crippen LogP contribution >= 0.6 is 0 Å². The monoisotopic (exact) mass is 316 g/mol. The van der Waals surface area contributed by atoms with Gasteiger partial charge in [-0.05, 0) is 24.4 Å². The van der Waals surface area contributed by atoms with E-state index in [-0.39, 0.29) is 52.7 Å². The van der Waals surface area contributed by atoms with E-state index in [1.165, 1.54) is 0 Å². The van der Waals surface area contributed by atoms with Gasteiger partial charge >= 0.3 is 5.97 Å². The number of hydrogen-bond donors (Lipinski definition) is 3. The van der Waals surface area contributed by atoms with Crippen LogP contribution in [0.15, 0.2) is 24.3 Å². The first-order valence-electron chi connectivity index (χ1n) is 4.49. The maximum atomic E-state index is 9.55. The zero-order chi connectivity index (χ0) is 12.4. The SMILES string of the molecule is Nc1ccc(CO)cc1.[NH-]COCC(=O)O.[Y]. The van der Waals surface area contributed by atoms with Crippen LogP contribution in [0.5, 0.6) is 0 Å². The number of aliphatic hydroxyl groups is 1. The van der Waals surface area contributed by atoms with Crippen molar-refractivity contribution in [2.75, 3.05) is 19.1 Å². The Morgan fingerprint density at radius 3 is 2.18 bits per heavy atom. The van der Waals surface area contributed by atoms with Crippen molar-refractivity contribution in [2.24, 2.45) is 0 Å². The maximum Gasteiger partial charge on any atom is 0.329 e. The van der Waals surface area contributed by atoms with Gasteiger partial charge in [0.1, 0.15) is 6.61 Å². The van der Waals surface area contributed by atoms with Crippen LogP contribution in [0.25, 0.3) is 5.73 Å². The van der Waals surface area contributed by atoms with Gasteiger partial charge in [0, 0.05) is 38.4 Å². The number of nitrogen functional groups attached to an aromatic ring is 1. The molecule has 1 radical (unpaired) electrons. The number of benzene rings is 1. The van der Waals surface area contributed by atoms with E-state index < -0.39 is 5.97 Å². The van der Waals surface area contributed by atoms with Crippen molar-refractivity contribution in [3.8, 4) is 0 Å². The fourth-order valence-electron chi connectivity index (χ4n) is 0.761. The van der Waals surface area contributed by atoms with Gasteiger partial charge in [-0.3, -0.25) is 0 Å². The van der Waals surface area contributed by atoms with E-state index >= 15 is 0 Å². The van der Waals surface area contributed by atoms with E-state index in [9.17, 15) is 4.79 Å². The second-order valence-electron chi connectivity index (χ2n) is 2.79. The summed E-state index contributed by atoms with van der Waals surface area (Å²) >= 11 is 0. The number of ether oxygens (including phenoxy) is 1. The third kappa shape index (κ3) is 11.7. The topological polar surface area (TPSA) is 117 Å². The summed E-state index contributed by atoms with van der Waals surface area (Å²) in [6.45, 7) is -0.573. The first kappa shape index (κ1) is 18.8.